The quantitative estimate of drug-likeness (QED) is 0.671. The molecule has 3 rings (SSSR count). The second-order valence-corrected chi connectivity index (χ2v) is 9.16. The average Bonchev–Trinajstić information content (AvgIpc) is 3.49. The molecule has 1 fully saturated rings. The third-order valence-corrected chi connectivity index (χ3v) is 6.72. The van der Waals surface area contributed by atoms with Gasteiger partial charge in [-0.05, 0) is 55.5 Å². The van der Waals surface area contributed by atoms with E-state index < -0.39 is 10.0 Å². The van der Waals surface area contributed by atoms with Gasteiger partial charge in [-0.15, -0.1) is 0 Å². The second kappa shape index (κ2) is 9.07. The van der Waals surface area contributed by atoms with Crippen LogP contribution in [0.2, 0.25) is 5.02 Å². The molecule has 0 bridgehead atoms. The average molecular weight is 421 g/mol. The summed E-state index contributed by atoms with van der Waals surface area (Å²) in [6.07, 6.45) is 2.74. The molecule has 0 unspecified atom stereocenters. The summed E-state index contributed by atoms with van der Waals surface area (Å²) in [4.78, 5) is 14.6. The van der Waals surface area contributed by atoms with E-state index in [1.165, 1.54) is 0 Å². The standard InChI is InChI=1S/C21H25ClN2O3S/c1-2-24(15-17-5-3-4-6-20(17)22)21(25)14-9-16-7-12-19(13-8-16)28(26,27)23-18-10-11-18/h3-8,12-13,18,23H,2,9-11,14-15H2,1H3. The van der Waals surface area contributed by atoms with Crippen LogP contribution in [0.15, 0.2) is 53.4 Å². The first-order chi connectivity index (χ1) is 13.4. The summed E-state index contributed by atoms with van der Waals surface area (Å²) in [6.45, 7) is 3.04. The molecule has 28 heavy (non-hydrogen) atoms. The Hall–Kier alpha value is -1.89. The molecule has 0 radical (unpaired) electrons. The molecule has 5 nitrogen and oxygen atoms in total. The highest BCUT2D eigenvalue weighted by atomic mass is 35.5. The van der Waals surface area contributed by atoms with Crippen molar-refractivity contribution < 1.29 is 13.2 Å². The van der Waals surface area contributed by atoms with Gasteiger partial charge in [0, 0.05) is 30.6 Å². The number of rotatable bonds is 9. The minimum Gasteiger partial charge on any atom is -0.339 e. The van der Waals surface area contributed by atoms with Gasteiger partial charge in [-0.1, -0.05) is 41.9 Å². The fraction of sp³-hybridized carbons (Fsp3) is 0.381. The van der Waals surface area contributed by atoms with Gasteiger partial charge < -0.3 is 4.90 Å². The lowest BCUT2D eigenvalue weighted by molar-refractivity contribution is -0.131. The molecule has 1 aliphatic carbocycles. The highest BCUT2D eigenvalue weighted by Gasteiger charge is 2.27. The number of carbonyl (C=O) groups is 1. The molecule has 0 saturated heterocycles. The topological polar surface area (TPSA) is 66.5 Å². The third kappa shape index (κ3) is 5.56. The summed E-state index contributed by atoms with van der Waals surface area (Å²) >= 11 is 6.20. The lowest BCUT2D eigenvalue weighted by Crippen LogP contribution is -2.30. The molecule has 1 saturated carbocycles. The van der Waals surface area contributed by atoms with Crippen LogP contribution in [-0.2, 0) is 27.8 Å². The van der Waals surface area contributed by atoms with E-state index >= 15 is 0 Å². The van der Waals surface area contributed by atoms with Gasteiger partial charge in [-0.25, -0.2) is 13.1 Å². The monoisotopic (exact) mass is 420 g/mol. The highest BCUT2D eigenvalue weighted by Crippen LogP contribution is 2.22. The molecule has 1 N–H and O–H groups in total. The number of halogens is 1. The first-order valence-corrected chi connectivity index (χ1v) is 11.4. The zero-order chi connectivity index (χ0) is 20.1. The van der Waals surface area contributed by atoms with Gasteiger partial charge in [0.2, 0.25) is 15.9 Å². The number of amides is 1. The first-order valence-electron chi connectivity index (χ1n) is 9.51. The molecule has 150 valence electrons. The maximum Gasteiger partial charge on any atom is 0.240 e. The number of hydrogen-bond acceptors (Lipinski definition) is 3. The Morgan fingerprint density at radius 2 is 1.82 bits per heavy atom. The largest absolute Gasteiger partial charge is 0.339 e. The first kappa shape index (κ1) is 20.8. The maximum absolute atomic E-state index is 12.6. The van der Waals surface area contributed by atoms with Gasteiger partial charge in [-0.3, -0.25) is 4.79 Å². The Bertz CT molecular complexity index is 925. The van der Waals surface area contributed by atoms with Gasteiger partial charge in [0.1, 0.15) is 0 Å². The lowest BCUT2D eigenvalue weighted by atomic mass is 10.1. The van der Waals surface area contributed by atoms with Crippen molar-refractivity contribution in [1.82, 2.24) is 9.62 Å². The number of nitrogens with one attached hydrogen (secondary N) is 1. The molecular formula is C21H25ClN2O3S. The molecule has 7 heteroatoms. The van der Waals surface area contributed by atoms with E-state index in [1.54, 1.807) is 29.2 Å². The molecule has 1 aliphatic rings. The van der Waals surface area contributed by atoms with E-state index in [1.807, 2.05) is 31.2 Å². The van der Waals surface area contributed by atoms with Gasteiger partial charge in [0.15, 0.2) is 0 Å². The van der Waals surface area contributed by atoms with Crippen LogP contribution >= 0.6 is 11.6 Å². The summed E-state index contributed by atoms with van der Waals surface area (Å²) in [5.74, 6) is 0.0505. The Morgan fingerprint density at radius 3 is 2.43 bits per heavy atom. The fourth-order valence-electron chi connectivity index (χ4n) is 2.94. The number of hydrogen-bond donors (Lipinski definition) is 1. The Kier molecular flexibility index (Phi) is 6.75. The van der Waals surface area contributed by atoms with Crippen molar-refractivity contribution in [1.29, 1.82) is 0 Å². The summed E-state index contributed by atoms with van der Waals surface area (Å²) < 4.78 is 27.1. The Morgan fingerprint density at radius 1 is 1.14 bits per heavy atom. The van der Waals surface area contributed by atoms with Gasteiger partial charge in [-0.2, -0.15) is 0 Å². The molecule has 1 amide bonds. The molecule has 0 spiro atoms. The van der Waals surface area contributed by atoms with Gasteiger partial charge >= 0.3 is 0 Å². The lowest BCUT2D eigenvalue weighted by Gasteiger charge is -2.21. The van der Waals surface area contributed by atoms with Crippen LogP contribution in [0.5, 0.6) is 0 Å². The van der Waals surface area contributed by atoms with Crippen LogP contribution in [0.4, 0.5) is 0 Å². The normalized spacial score (nSPS) is 14.1. The zero-order valence-electron chi connectivity index (χ0n) is 15.9. The van der Waals surface area contributed by atoms with Gasteiger partial charge in [0.25, 0.3) is 0 Å². The Labute approximate surface area is 171 Å². The molecule has 0 aromatic heterocycles. The molecule has 2 aromatic carbocycles. The van der Waals surface area contributed by atoms with E-state index in [-0.39, 0.29) is 16.8 Å². The van der Waals surface area contributed by atoms with Crippen molar-refractivity contribution in [2.75, 3.05) is 6.54 Å². The summed E-state index contributed by atoms with van der Waals surface area (Å²) in [5, 5.41) is 0.658. The minimum absolute atomic E-state index is 0.0505. The summed E-state index contributed by atoms with van der Waals surface area (Å²) in [5.41, 5.74) is 1.87. The van der Waals surface area contributed by atoms with Crippen molar-refractivity contribution >= 4 is 27.5 Å². The number of carbonyl (C=O) groups excluding carboxylic acids is 1. The minimum atomic E-state index is -3.44. The van der Waals surface area contributed by atoms with Crippen LogP contribution < -0.4 is 4.72 Å². The van der Waals surface area contributed by atoms with Crippen molar-refractivity contribution in [3.8, 4) is 0 Å². The predicted octanol–water partition coefficient (Wildman–Crippen LogP) is 3.76. The van der Waals surface area contributed by atoms with E-state index in [9.17, 15) is 13.2 Å². The number of nitrogens with zero attached hydrogens (tertiary/aromatic N) is 1. The SMILES string of the molecule is CCN(Cc1ccccc1Cl)C(=O)CCc1ccc(S(=O)(=O)NC2CC2)cc1. The maximum atomic E-state index is 12.6. The molecule has 0 atom stereocenters. The van der Waals surface area contributed by atoms with Crippen molar-refractivity contribution in [3.05, 3.63) is 64.7 Å². The van der Waals surface area contributed by atoms with Crippen LogP contribution in [0.25, 0.3) is 0 Å². The van der Waals surface area contributed by atoms with E-state index in [0.29, 0.717) is 31.0 Å². The van der Waals surface area contributed by atoms with E-state index in [4.69, 9.17) is 11.6 Å². The zero-order valence-corrected chi connectivity index (χ0v) is 17.5. The number of aryl methyl sites for hydroxylation is 1. The summed E-state index contributed by atoms with van der Waals surface area (Å²) in [7, 11) is -3.44. The summed E-state index contributed by atoms with van der Waals surface area (Å²) in [6, 6.07) is 14.4. The van der Waals surface area contributed by atoms with Crippen molar-refractivity contribution in [3.63, 3.8) is 0 Å². The molecule has 2 aromatic rings. The number of sulfonamides is 1. The number of benzene rings is 2. The second-order valence-electron chi connectivity index (χ2n) is 7.04. The molecule has 0 heterocycles. The van der Waals surface area contributed by atoms with Crippen molar-refractivity contribution in [2.24, 2.45) is 0 Å². The van der Waals surface area contributed by atoms with Crippen LogP contribution in [0.3, 0.4) is 0 Å². The van der Waals surface area contributed by atoms with Crippen LogP contribution in [0.1, 0.15) is 37.3 Å². The van der Waals surface area contributed by atoms with E-state index in [0.717, 1.165) is 24.0 Å². The highest BCUT2D eigenvalue weighted by molar-refractivity contribution is 7.89. The molecule has 0 aliphatic heterocycles. The van der Waals surface area contributed by atoms with Crippen molar-refractivity contribution in [2.45, 2.75) is 50.1 Å². The van der Waals surface area contributed by atoms with Crippen LogP contribution in [0, 0.1) is 0 Å². The predicted molar refractivity (Wildman–Crippen MR) is 111 cm³/mol. The third-order valence-electron chi connectivity index (χ3n) is 4.81. The Balaban J connectivity index is 1.56. The molecular weight excluding hydrogens is 396 g/mol. The van der Waals surface area contributed by atoms with E-state index in [2.05, 4.69) is 4.72 Å². The van der Waals surface area contributed by atoms with Gasteiger partial charge in [0.05, 0.1) is 4.90 Å². The fourth-order valence-corrected chi connectivity index (χ4v) is 4.44. The van der Waals surface area contributed by atoms with Crippen LogP contribution in [-0.4, -0.2) is 31.8 Å². The smallest absolute Gasteiger partial charge is 0.240 e.